The van der Waals surface area contributed by atoms with Crippen LogP contribution in [0, 0.1) is 0 Å². The average molecular weight is 544 g/mol. The Balaban J connectivity index is 1.35. The smallest absolute Gasteiger partial charge is 0.329 e. The number of nitrogens with zero attached hydrogens (tertiary/aromatic N) is 9. The number of halogens is 3. The van der Waals surface area contributed by atoms with E-state index in [1.165, 1.54) is 54.2 Å². The van der Waals surface area contributed by atoms with Crippen molar-refractivity contribution in [2.75, 3.05) is 16.8 Å². The average Bonchev–Trinajstić information content (AvgIpc) is 3.59. The zero-order valence-electron chi connectivity index (χ0n) is 21.0. The van der Waals surface area contributed by atoms with E-state index in [2.05, 4.69) is 30.2 Å². The SMILES string of the molecule is C[C@@H](C(=O)Nc1ccnc(-c2cnc(N3CCCC3C(F)(F)F)nc2)n1)n1cnc2c1c(=O)n(C)c(=O)n2C. The Morgan fingerprint density at radius 1 is 1.10 bits per heavy atom. The zero-order valence-corrected chi connectivity index (χ0v) is 21.0. The van der Waals surface area contributed by atoms with E-state index in [1.807, 2.05) is 0 Å². The second kappa shape index (κ2) is 9.59. The lowest BCUT2D eigenvalue weighted by Crippen LogP contribution is -2.42. The lowest BCUT2D eigenvalue weighted by atomic mass is 10.2. The molecule has 0 bridgehead atoms. The highest BCUT2D eigenvalue weighted by molar-refractivity contribution is 5.93. The maximum absolute atomic E-state index is 13.3. The fourth-order valence-corrected chi connectivity index (χ4v) is 4.51. The molecule has 2 atom stereocenters. The normalized spacial score (nSPS) is 16.6. The molecular formula is C23H23F3N10O3. The largest absolute Gasteiger partial charge is 0.408 e. The van der Waals surface area contributed by atoms with E-state index in [0.717, 1.165) is 9.47 Å². The third-order valence-electron chi connectivity index (χ3n) is 6.66. The van der Waals surface area contributed by atoms with E-state index in [-0.39, 0.29) is 41.7 Å². The van der Waals surface area contributed by atoms with Gasteiger partial charge in [-0.1, -0.05) is 0 Å². The Morgan fingerprint density at radius 2 is 1.82 bits per heavy atom. The van der Waals surface area contributed by atoms with Crippen LogP contribution in [0.15, 0.2) is 40.6 Å². The first-order valence-electron chi connectivity index (χ1n) is 11.9. The molecule has 1 aliphatic heterocycles. The molecule has 39 heavy (non-hydrogen) atoms. The number of imidazole rings is 1. The van der Waals surface area contributed by atoms with Gasteiger partial charge < -0.3 is 14.8 Å². The number of carbonyl (C=O) groups is 1. The summed E-state index contributed by atoms with van der Waals surface area (Å²) in [7, 11) is 2.81. The van der Waals surface area contributed by atoms with Gasteiger partial charge in [0.1, 0.15) is 17.9 Å². The van der Waals surface area contributed by atoms with Gasteiger partial charge in [-0.25, -0.2) is 29.7 Å². The summed E-state index contributed by atoms with van der Waals surface area (Å²) in [5.74, 6) is -0.262. The summed E-state index contributed by atoms with van der Waals surface area (Å²) in [5, 5.41) is 2.65. The number of hydrogen-bond donors (Lipinski definition) is 1. The molecule has 13 nitrogen and oxygen atoms in total. The second-order valence-electron chi connectivity index (χ2n) is 9.13. The molecule has 204 valence electrons. The summed E-state index contributed by atoms with van der Waals surface area (Å²) in [6.07, 6.45) is 1.36. The van der Waals surface area contributed by atoms with Crippen molar-refractivity contribution in [2.24, 2.45) is 14.1 Å². The molecular weight excluding hydrogens is 521 g/mol. The van der Waals surface area contributed by atoms with Crippen LogP contribution >= 0.6 is 0 Å². The molecule has 4 aromatic rings. The number of amides is 1. The summed E-state index contributed by atoms with van der Waals surface area (Å²) in [6.45, 7) is 1.76. The van der Waals surface area contributed by atoms with E-state index in [1.54, 1.807) is 6.92 Å². The highest BCUT2D eigenvalue weighted by Gasteiger charge is 2.46. The molecule has 16 heteroatoms. The Hall–Kier alpha value is -4.63. The Morgan fingerprint density at radius 3 is 2.51 bits per heavy atom. The number of alkyl halides is 3. The maximum atomic E-state index is 13.3. The first-order chi connectivity index (χ1) is 18.5. The number of aryl methyl sites for hydroxylation is 1. The molecule has 0 saturated carbocycles. The van der Waals surface area contributed by atoms with Crippen LogP contribution in [-0.2, 0) is 18.9 Å². The number of fused-ring (bicyclic) bond motifs is 1. The van der Waals surface area contributed by atoms with Crippen molar-refractivity contribution in [3.63, 3.8) is 0 Å². The summed E-state index contributed by atoms with van der Waals surface area (Å²) in [5.41, 5.74) is -0.551. The molecule has 5 rings (SSSR count). The summed E-state index contributed by atoms with van der Waals surface area (Å²) in [6, 6.07) is -1.07. The lowest BCUT2D eigenvalue weighted by Gasteiger charge is -2.26. The van der Waals surface area contributed by atoms with Gasteiger partial charge in [0.2, 0.25) is 11.9 Å². The highest BCUT2D eigenvalue weighted by atomic mass is 19.4. The van der Waals surface area contributed by atoms with Gasteiger partial charge >= 0.3 is 11.9 Å². The Kier molecular flexibility index (Phi) is 6.40. The van der Waals surface area contributed by atoms with Gasteiger partial charge in [0, 0.05) is 39.2 Å². The predicted molar refractivity (Wildman–Crippen MR) is 133 cm³/mol. The monoisotopic (exact) mass is 544 g/mol. The van der Waals surface area contributed by atoms with Crippen molar-refractivity contribution in [3.05, 3.63) is 51.8 Å². The van der Waals surface area contributed by atoms with Crippen molar-refractivity contribution >= 4 is 28.8 Å². The fourth-order valence-electron chi connectivity index (χ4n) is 4.51. The van der Waals surface area contributed by atoms with E-state index < -0.39 is 35.4 Å². The number of nitrogens with one attached hydrogen (secondary N) is 1. The van der Waals surface area contributed by atoms with Crippen LogP contribution in [0.1, 0.15) is 25.8 Å². The number of aromatic nitrogens is 8. The number of carbonyl (C=O) groups excluding carboxylic acids is 1. The minimum atomic E-state index is -4.38. The van der Waals surface area contributed by atoms with Crippen molar-refractivity contribution < 1.29 is 18.0 Å². The minimum Gasteiger partial charge on any atom is -0.329 e. The van der Waals surface area contributed by atoms with Crippen LogP contribution < -0.4 is 21.5 Å². The van der Waals surface area contributed by atoms with Gasteiger partial charge in [-0.05, 0) is 25.8 Å². The topological polar surface area (TPSA) is 146 Å². The molecule has 1 unspecified atom stereocenters. The van der Waals surface area contributed by atoms with Crippen LogP contribution in [-0.4, -0.2) is 63.3 Å². The first kappa shape index (κ1) is 26.0. The standard InChI is InChI=1S/C23H23F3N10O3/c1-12(36-11-30-18-16(36)20(38)34(3)22(39)33(18)2)19(37)32-15-6-7-27-17(31-15)13-9-28-21(29-10-13)35-8-4-5-14(35)23(24,25)26/h6-7,9-12,14H,4-5,8H2,1-3H3,(H,27,31,32,37)/t12-,14?/m0/s1. The minimum absolute atomic E-state index is 0.0144. The fraction of sp³-hybridized carbons (Fsp3) is 0.391. The molecule has 5 heterocycles. The highest BCUT2D eigenvalue weighted by Crippen LogP contribution is 2.34. The zero-order chi connectivity index (χ0) is 28.1. The predicted octanol–water partition coefficient (Wildman–Crippen LogP) is 1.41. The first-order valence-corrected chi connectivity index (χ1v) is 11.9. The van der Waals surface area contributed by atoms with Crippen LogP contribution in [0.4, 0.5) is 24.9 Å². The third kappa shape index (κ3) is 4.61. The maximum Gasteiger partial charge on any atom is 0.408 e. The van der Waals surface area contributed by atoms with Crippen molar-refractivity contribution in [2.45, 2.75) is 38.0 Å². The molecule has 0 radical (unpaired) electrons. The van der Waals surface area contributed by atoms with E-state index in [9.17, 15) is 27.6 Å². The molecule has 4 aromatic heterocycles. The van der Waals surface area contributed by atoms with Gasteiger partial charge in [-0.15, -0.1) is 0 Å². The van der Waals surface area contributed by atoms with Gasteiger partial charge in [0.25, 0.3) is 5.56 Å². The summed E-state index contributed by atoms with van der Waals surface area (Å²) >= 11 is 0. The second-order valence-corrected chi connectivity index (χ2v) is 9.13. The quantitative estimate of drug-likeness (QED) is 0.394. The molecule has 0 spiro atoms. The van der Waals surface area contributed by atoms with E-state index in [0.29, 0.717) is 12.0 Å². The molecule has 1 aliphatic rings. The lowest BCUT2D eigenvalue weighted by molar-refractivity contribution is -0.146. The number of hydrogen-bond acceptors (Lipinski definition) is 9. The van der Waals surface area contributed by atoms with Gasteiger partial charge in [0.05, 0.1) is 11.9 Å². The number of rotatable bonds is 5. The van der Waals surface area contributed by atoms with Crippen LogP contribution in [0.5, 0.6) is 0 Å². The Bertz CT molecular complexity index is 1680. The van der Waals surface area contributed by atoms with Gasteiger partial charge in [-0.3, -0.25) is 18.7 Å². The van der Waals surface area contributed by atoms with Gasteiger partial charge in [0.15, 0.2) is 17.0 Å². The molecule has 1 N–H and O–H groups in total. The van der Waals surface area contributed by atoms with Crippen LogP contribution in [0.2, 0.25) is 0 Å². The van der Waals surface area contributed by atoms with Crippen LogP contribution in [0.3, 0.4) is 0 Å². The molecule has 1 saturated heterocycles. The van der Waals surface area contributed by atoms with E-state index >= 15 is 0 Å². The number of anilines is 2. The molecule has 1 fully saturated rings. The molecule has 0 aliphatic carbocycles. The molecule has 1 amide bonds. The summed E-state index contributed by atoms with van der Waals surface area (Å²) < 4.78 is 43.4. The van der Waals surface area contributed by atoms with Crippen LogP contribution in [0.25, 0.3) is 22.6 Å². The molecule has 0 aromatic carbocycles. The van der Waals surface area contributed by atoms with E-state index in [4.69, 9.17) is 0 Å². The van der Waals surface area contributed by atoms with Crippen molar-refractivity contribution in [3.8, 4) is 11.4 Å². The third-order valence-corrected chi connectivity index (χ3v) is 6.66. The Labute approximate surface area is 218 Å². The van der Waals surface area contributed by atoms with Crippen molar-refractivity contribution in [1.29, 1.82) is 0 Å². The van der Waals surface area contributed by atoms with Crippen molar-refractivity contribution in [1.82, 2.24) is 38.6 Å². The summed E-state index contributed by atoms with van der Waals surface area (Å²) in [4.78, 5) is 59.8. The van der Waals surface area contributed by atoms with Gasteiger partial charge in [-0.2, -0.15) is 13.2 Å².